The fraction of sp³-hybridized carbons (Fsp3) is 0.350. The summed E-state index contributed by atoms with van der Waals surface area (Å²) in [5.41, 5.74) is 2.36. The molecule has 0 bridgehead atoms. The van der Waals surface area contributed by atoms with Gasteiger partial charge in [-0.3, -0.25) is 9.78 Å². The molecule has 0 aliphatic rings. The Balaban J connectivity index is 2.05. The standard InChI is InChI=1S/C20H25N3O3/c1-13-9-16(12-21-11-13)18(24)23-17-8-6-7-15(10-17)14(2)22-19(25)26-20(3,4)5/h6-12,14H,1-5H3,(H,22,25)(H,23,24)/t14-/m0/s1. The summed E-state index contributed by atoms with van der Waals surface area (Å²) in [6.45, 7) is 9.18. The first-order valence-electron chi connectivity index (χ1n) is 8.46. The zero-order valence-corrected chi connectivity index (χ0v) is 15.8. The third-order valence-corrected chi connectivity index (χ3v) is 3.51. The van der Waals surface area contributed by atoms with Crippen LogP contribution in [-0.4, -0.2) is 22.6 Å². The zero-order chi connectivity index (χ0) is 19.3. The number of pyridine rings is 1. The lowest BCUT2D eigenvalue weighted by atomic mass is 10.1. The number of hydrogen-bond acceptors (Lipinski definition) is 4. The fourth-order valence-electron chi connectivity index (χ4n) is 2.34. The van der Waals surface area contributed by atoms with Crippen molar-refractivity contribution in [1.82, 2.24) is 10.3 Å². The Labute approximate surface area is 154 Å². The molecule has 138 valence electrons. The SMILES string of the molecule is Cc1cncc(C(=O)Nc2cccc([C@H](C)NC(=O)OC(C)(C)C)c2)c1. The second kappa shape index (κ2) is 7.99. The molecule has 2 rings (SSSR count). The van der Waals surface area contributed by atoms with Crippen molar-refractivity contribution in [2.24, 2.45) is 0 Å². The van der Waals surface area contributed by atoms with Crippen LogP contribution in [0.25, 0.3) is 0 Å². The number of aryl methyl sites for hydroxylation is 1. The number of nitrogens with one attached hydrogen (secondary N) is 2. The van der Waals surface area contributed by atoms with Gasteiger partial charge in [-0.05, 0) is 63.9 Å². The molecule has 0 fully saturated rings. The monoisotopic (exact) mass is 355 g/mol. The molecule has 2 amide bonds. The van der Waals surface area contributed by atoms with Gasteiger partial charge in [0.05, 0.1) is 11.6 Å². The Hall–Kier alpha value is -2.89. The molecule has 0 aliphatic carbocycles. The fourth-order valence-corrected chi connectivity index (χ4v) is 2.34. The van der Waals surface area contributed by atoms with Gasteiger partial charge in [-0.25, -0.2) is 4.79 Å². The van der Waals surface area contributed by atoms with Gasteiger partial charge in [0.15, 0.2) is 0 Å². The Morgan fingerprint density at radius 2 is 1.88 bits per heavy atom. The third kappa shape index (κ3) is 5.88. The summed E-state index contributed by atoms with van der Waals surface area (Å²) in [4.78, 5) is 28.3. The minimum Gasteiger partial charge on any atom is -0.444 e. The van der Waals surface area contributed by atoms with Crippen molar-refractivity contribution in [1.29, 1.82) is 0 Å². The predicted molar refractivity (Wildman–Crippen MR) is 101 cm³/mol. The van der Waals surface area contributed by atoms with Crippen molar-refractivity contribution in [2.75, 3.05) is 5.32 Å². The number of rotatable bonds is 4. The predicted octanol–water partition coefficient (Wildman–Crippen LogP) is 4.23. The summed E-state index contributed by atoms with van der Waals surface area (Å²) in [6.07, 6.45) is 2.74. The average Bonchev–Trinajstić information content (AvgIpc) is 2.53. The normalized spacial score (nSPS) is 12.2. The van der Waals surface area contributed by atoms with Gasteiger partial charge in [0.2, 0.25) is 0 Å². The van der Waals surface area contributed by atoms with Crippen LogP contribution in [0.5, 0.6) is 0 Å². The van der Waals surface area contributed by atoms with Crippen molar-refractivity contribution in [3.8, 4) is 0 Å². The summed E-state index contributed by atoms with van der Waals surface area (Å²) in [7, 11) is 0. The molecule has 0 unspecified atom stereocenters. The molecule has 0 aliphatic heterocycles. The number of nitrogens with zero attached hydrogens (tertiary/aromatic N) is 1. The van der Waals surface area contributed by atoms with Crippen molar-refractivity contribution in [2.45, 2.75) is 46.3 Å². The minimum absolute atomic E-state index is 0.230. The van der Waals surface area contributed by atoms with Crippen LogP contribution in [0.3, 0.4) is 0 Å². The molecule has 0 saturated heterocycles. The van der Waals surface area contributed by atoms with Crippen molar-refractivity contribution < 1.29 is 14.3 Å². The van der Waals surface area contributed by atoms with E-state index in [2.05, 4.69) is 15.6 Å². The highest BCUT2D eigenvalue weighted by atomic mass is 16.6. The maximum Gasteiger partial charge on any atom is 0.408 e. The zero-order valence-electron chi connectivity index (χ0n) is 15.8. The molecule has 1 aromatic heterocycles. The van der Waals surface area contributed by atoms with Crippen LogP contribution in [0.4, 0.5) is 10.5 Å². The molecule has 26 heavy (non-hydrogen) atoms. The molecule has 2 aromatic rings. The van der Waals surface area contributed by atoms with Crippen molar-refractivity contribution in [3.63, 3.8) is 0 Å². The highest BCUT2D eigenvalue weighted by Crippen LogP contribution is 2.19. The molecule has 1 heterocycles. The smallest absolute Gasteiger partial charge is 0.408 e. The van der Waals surface area contributed by atoms with Crippen LogP contribution >= 0.6 is 0 Å². The Morgan fingerprint density at radius 3 is 2.54 bits per heavy atom. The summed E-state index contributed by atoms with van der Waals surface area (Å²) in [5.74, 6) is -0.230. The number of ether oxygens (including phenoxy) is 1. The Bertz CT molecular complexity index is 797. The number of alkyl carbamates (subject to hydrolysis) is 1. The van der Waals surface area contributed by atoms with Gasteiger partial charge in [0.25, 0.3) is 5.91 Å². The summed E-state index contributed by atoms with van der Waals surface area (Å²) >= 11 is 0. The molecular formula is C20H25N3O3. The van der Waals surface area contributed by atoms with Crippen LogP contribution < -0.4 is 10.6 Å². The Morgan fingerprint density at radius 1 is 1.15 bits per heavy atom. The maximum absolute atomic E-state index is 12.3. The van der Waals surface area contributed by atoms with Gasteiger partial charge in [0, 0.05) is 18.1 Å². The van der Waals surface area contributed by atoms with E-state index in [1.54, 1.807) is 18.3 Å². The van der Waals surface area contributed by atoms with Gasteiger partial charge in [-0.2, -0.15) is 0 Å². The Kier molecular flexibility index (Phi) is 5.97. The molecule has 0 spiro atoms. The lowest BCUT2D eigenvalue weighted by Gasteiger charge is -2.22. The number of anilines is 1. The van der Waals surface area contributed by atoms with E-state index in [4.69, 9.17) is 4.74 Å². The topological polar surface area (TPSA) is 80.3 Å². The number of carbonyl (C=O) groups excluding carboxylic acids is 2. The van der Waals surface area contributed by atoms with E-state index in [1.807, 2.05) is 52.8 Å². The highest BCUT2D eigenvalue weighted by Gasteiger charge is 2.18. The second-order valence-electron chi connectivity index (χ2n) is 7.20. The number of amides is 2. The van der Waals surface area contributed by atoms with Crippen LogP contribution in [0.1, 0.15) is 55.2 Å². The van der Waals surface area contributed by atoms with Crippen LogP contribution in [-0.2, 0) is 4.74 Å². The first-order valence-corrected chi connectivity index (χ1v) is 8.46. The maximum atomic E-state index is 12.3. The summed E-state index contributed by atoms with van der Waals surface area (Å²) < 4.78 is 5.27. The van der Waals surface area contributed by atoms with E-state index in [0.717, 1.165) is 11.1 Å². The summed E-state index contributed by atoms with van der Waals surface area (Å²) in [6, 6.07) is 8.84. The van der Waals surface area contributed by atoms with Gasteiger partial charge in [-0.1, -0.05) is 12.1 Å². The van der Waals surface area contributed by atoms with Crippen molar-refractivity contribution >= 4 is 17.7 Å². The van der Waals surface area contributed by atoms with Crippen LogP contribution in [0.15, 0.2) is 42.7 Å². The first-order chi connectivity index (χ1) is 12.1. The van der Waals surface area contributed by atoms with Gasteiger partial charge < -0.3 is 15.4 Å². The van der Waals surface area contributed by atoms with E-state index in [0.29, 0.717) is 11.3 Å². The molecule has 0 radical (unpaired) electrons. The molecule has 6 nitrogen and oxygen atoms in total. The number of aromatic nitrogens is 1. The van der Waals surface area contributed by atoms with Crippen LogP contribution in [0, 0.1) is 6.92 Å². The molecular weight excluding hydrogens is 330 g/mol. The first kappa shape index (κ1) is 19.4. The molecule has 1 atom stereocenters. The molecule has 2 N–H and O–H groups in total. The third-order valence-electron chi connectivity index (χ3n) is 3.51. The number of benzene rings is 1. The van der Waals surface area contributed by atoms with E-state index < -0.39 is 11.7 Å². The lowest BCUT2D eigenvalue weighted by Crippen LogP contribution is -2.34. The highest BCUT2D eigenvalue weighted by molar-refractivity contribution is 6.04. The van der Waals surface area contributed by atoms with E-state index >= 15 is 0 Å². The van der Waals surface area contributed by atoms with Gasteiger partial charge >= 0.3 is 6.09 Å². The minimum atomic E-state index is -0.554. The molecule has 6 heteroatoms. The molecule has 1 aromatic carbocycles. The number of hydrogen-bond donors (Lipinski definition) is 2. The van der Waals surface area contributed by atoms with Gasteiger partial charge in [-0.15, -0.1) is 0 Å². The van der Waals surface area contributed by atoms with Crippen LogP contribution in [0.2, 0.25) is 0 Å². The largest absolute Gasteiger partial charge is 0.444 e. The summed E-state index contributed by atoms with van der Waals surface area (Å²) in [5, 5.41) is 5.64. The quantitative estimate of drug-likeness (QED) is 0.860. The second-order valence-corrected chi connectivity index (χ2v) is 7.20. The van der Waals surface area contributed by atoms with E-state index in [9.17, 15) is 9.59 Å². The van der Waals surface area contributed by atoms with Gasteiger partial charge in [0.1, 0.15) is 5.60 Å². The van der Waals surface area contributed by atoms with E-state index in [1.165, 1.54) is 6.20 Å². The lowest BCUT2D eigenvalue weighted by molar-refractivity contribution is 0.0507. The van der Waals surface area contributed by atoms with Crippen molar-refractivity contribution in [3.05, 3.63) is 59.4 Å². The average molecular weight is 355 g/mol. The number of carbonyl (C=O) groups is 2. The molecule has 0 saturated carbocycles. The van der Waals surface area contributed by atoms with E-state index in [-0.39, 0.29) is 11.9 Å².